The molecule has 1 nitrogen and oxygen atoms in total. The van der Waals surface area contributed by atoms with Gasteiger partial charge in [0.15, 0.2) is 0 Å². The van der Waals surface area contributed by atoms with Gasteiger partial charge >= 0.3 is 0 Å². The van der Waals surface area contributed by atoms with Crippen molar-refractivity contribution in [2.45, 2.75) is 38.1 Å². The SMILES string of the molecule is CCCCCCl.c1ccc2c(c1)C1CNC21. The smallest absolute Gasteiger partial charge is 0.0405 e. The van der Waals surface area contributed by atoms with Crippen molar-refractivity contribution in [3.05, 3.63) is 35.4 Å². The van der Waals surface area contributed by atoms with Crippen LogP contribution in [0.5, 0.6) is 0 Å². The molecule has 1 aliphatic carbocycles. The third-order valence-corrected chi connectivity index (χ3v) is 3.70. The highest BCUT2D eigenvalue weighted by molar-refractivity contribution is 6.17. The van der Waals surface area contributed by atoms with Crippen LogP contribution in [0.1, 0.15) is 49.3 Å². The molecule has 1 fully saturated rings. The van der Waals surface area contributed by atoms with Crippen molar-refractivity contribution in [3.8, 4) is 0 Å². The van der Waals surface area contributed by atoms with Gasteiger partial charge in [-0.05, 0) is 17.5 Å². The molecule has 1 N–H and O–H groups in total. The Morgan fingerprint density at radius 3 is 2.44 bits per heavy atom. The number of halogens is 1. The fraction of sp³-hybridized carbons (Fsp3) is 0.571. The molecule has 0 spiro atoms. The number of fused-ring (bicyclic) bond motifs is 4. The fourth-order valence-corrected chi connectivity index (χ4v) is 2.54. The first-order valence-electron chi connectivity index (χ1n) is 6.26. The van der Waals surface area contributed by atoms with Crippen molar-refractivity contribution in [2.24, 2.45) is 0 Å². The summed E-state index contributed by atoms with van der Waals surface area (Å²) in [7, 11) is 0. The van der Waals surface area contributed by atoms with Gasteiger partial charge in [-0.15, -0.1) is 11.6 Å². The van der Waals surface area contributed by atoms with E-state index >= 15 is 0 Å². The van der Waals surface area contributed by atoms with Gasteiger partial charge in [-0.2, -0.15) is 0 Å². The lowest BCUT2D eigenvalue weighted by molar-refractivity contribution is 0.269. The number of hydrogen-bond donors (Lipinski definition) is 1. The summed E-state index contributed by atoms with van der Waals surface area (Å²) in [6, 6.07) is 9.44. The van der Waals surface area contributed by atoms with Gasteiger partial charge in [-0.1, -0.05) is 44.0 Å². The summed E-state index contributed by atoms with van der Waals surface area (Å²) in [4.78, 5) is 0. The first-order chi connectivity index (χ1) is 7.88. The predicted molar refractivity (Wildman–Crippen MR) is 70.2 cm³/mol. The zero-order chi connectivity index (χ0) is 11.4. The van der Waals surface area contributed by atoms with E-state index in [1.54, 1.807) is 5.56 Å². The predicted octanol–water partition coefficient (Wildman–Crippen LogP) is 3.84. The van der Waals surface area contributed by atoms with Crippen molar-refractivity contribution in [1.29, 1.82) is 0 Å². The van der Waals surface area contributed by atoms with Gasteiger partial charge in [-0.25, -0.2) is 0 Å². The molecule has 0 amide bonds. The molecule has 1 heterocycles. The molecule has 88 valence electrons. The molecule has 0 aromatic heterocycles. The lowest BCUT2D eigenvalue weighted by atomic mass is 9.68. The maximum absolute atomic E-state index is 5.38. The van der Waals surface area contributed by atoms with Crippen LogP contribution in [0.2, 0.25) is 0 Å². The monoisotopic (exact) mass is 237 g/mol. The maximum Gasteiger partial charge on any atom is 0.0405 e. The average molecular weight is 238 g/mol. The van der Waals surface area contributed by atoms with E-state index < -0.39 is 0 Å². The molecule has 1 saturated heterocycles. The van der Waals surface area contributed by atoms with Crippen molar-refractivity contribution >= 4 is 11.6 Å². The number of unbranched alkanes of at least 4 members (excludes halogenated alkanes) is 2. The van der Waals surface area contributed by atoms with Gasteiger partial charge in [-0.3, -0.25) is 0 Å². The number of nitrogens with one attached hydrogen (secondary N) is 1. The third-order valence-electron chi connectivity index (χ3n) is 3.43. The largest absolute Gasteiger partial charge is 0.309 e. The summed E-state index contributed by atoms with van der Waals surface area (Å²) in [6.45, 7) is 3.37. The molecular weight excluding hydrogens is 218 g/mol. The van der Waals surface area contributed by atoms with Gasteiger partial charge in [0.25, 0.3) is 0 Å². The number of rotatable bonds is 3. The van der Waals surface area contributed by atoms with E-state index in [1.807, 2.05) is 0 Å². The Morgan fingerprint density at radius 2 is 2.00 bits per heavy atom. The summed E-state index contributed by atoms with van der Waals surface area (Å²) in [5.74, 6) is 1.68. The molecule has 3 rings (SSSR count). The second kappa shape index (κ2) is 5.70. The average Bonchev–Trinajstić information content (AvgIpc) is 2.28. The zero-order valence-corrected chi connectivity index (χ0v) is 10.6. The van der Waals surface area contributed by atoms with E-state index in [0.29, 0.717) is 0 Å². The van der Waals surface area contributed by atoms with Crippen LogP contribution in [0.15, 0.2) is 24.3 Å². The molecule has 2 heteroatoms. The lowest BCUT2D eigenvalue weighted by Gasteiger charge is -2.49. The highest BCUT2D eigenvalue weighted by Crippen LogP contribution is 2.49. The van der Waals surface area contributed by atoms with Crippen molar-refractivity contribution in [1.82, 2.24) is 5.32 Å². The van der Waals surface area contributed by atoms with Crippen LogP contribution < -0.4 is 5.32 Å². The Hall–Kier alpha value is -0.530. The maximum atomic E-state index is 5.38. The van der Waals surface area contributed by atoms with Crippen LogP contribution in [0.25, 0.3) is 0 Å². The van der Waals surface area contributed by atoms with Crippen LogP contribution in [-0.4, -0.2) is 12.4 Å². The summed E-state index contributed by atoms with van der Waals surface area (Å²) >= 11 is 5.38. The normalized spacial score (nSPS) is 24.1. The number of benzene rings is 1. The summed E-state index contributed by atoms with van der Waals surface area (Å²) in [6.07, 6.45) is 3.73. The molecule has 1 aliphatic heterocycles. The van der Waals surface area contributed by atoms with Gasteiger partial charge in [0.05, 0.1) is 0 Å². The second-order valence-electron chi connectivity index (χ2n) is 4.52. The van der Waals surface area contributed by atoms with Crippen molar-refractivity contribution < 1.29 is 0 Å². The van der Waals surface area contributed by atoms with Crippen LogP contribution in [-0.2, 0) is 0 Å². The minimum Gasteiger partial charge on any atom is -0.309 e. The first-order valence-corrected chi connectivity index (χ1v) is 6.80. The first kappa shape index (κ1) is 11.9. The lowest BCUT2D eigenvalue weighted by Crippen LogP contribution is -2.50. The Balaban J connectivity index is 0.000000142. The molecule has 2 unspecified atom stereocenters. The number of alkyl halides is 1. The van der Waals surface area contributed by atoms with Gasteiger partial charge < -0.3 is 5.32 Å². The highest BCUT2D eigenvalue weighted by atomic mass is 35.5. The van der Waals surface area contributed by atoms with Crippen LogP contribution in [0.4, 0.5) is 0 Å². The Labute approximate surface area is 103 Å². The molecule has 1 aromatic carbocycles. The third kappa shape index (κ3) is 2.26. The molecule has 0 radical (unpaired) electrons. The van der Waals surface area contributed by atoms with E-state index in [2.05, 4.69) is 36.5 Å². The van der Waals surface area contributed by atoms with Crippen molar-refractivity contribution in [2.75, 3.05) is 12.4 Å². The molecule has 1 aromatic rings. The van der Waals surface area contributed by atoms with Crippen molar-refractivity contribution in [3.63, 3.8) is 0 Å². The van der Waals surface area contributed by atoms with E-state index in [4.69, 9.17) is 11.6 Å². The van der Waals surface area contributed by atoms with Gasteiger partial charge in [0.1, 0.15) is 0 Å². The van der Waals surface area contributed by atoms with E-state index in [9.17, 15) is 0 Å². The zero-order valence-electron chi connectivity index (χ0n) is 9.88. The van der Waals surface area contributed by atoms with E-state index in [0.717, 1.165) is 17.8 Å². The quantitative estimate of drug-likeness (QED) is 0.622. The second-order valence-corrected chi connectivity index (χ2v) is 4.90. The topological polar surface area (TPSA) is 12.0 Å². The summed E-state index contributed by atoms with van der Waals surface area (Å²) < 4.78 is 0. The van der Waals surface area contributed by atoms with Crippen LogP contribution in [0, 0.1) is 0 Å². The van der Waals surface area contributed by atoms with Crippen LogP contribution in [0.3, 0.4) is 0 Å². The summed E-state index contributed by atoms with van der Waals surface area (Å²) in [5, 5.41) is 3.40. The minimum absolute atomic E-state index is 0.719. The molecule has 16 heavy (non-hydrogen) atoms. The highest BCUT2D eigenvalue weighted by Gasteiger charge is 2.43. The molecule has 0 bridgehead atoms. The molecule has 2 aliphatic rings. The van der Waals surface area contributed by atoms with Gasteiger partial charge in [0.2, 0.25) is 0 Å². The fourth-order valence-electron chi connectivity index (χ4n) is 2.35. The molecule has 0 saturated carbocycles. The Kier molecular flexibility index (Phi) is 4.25. The minimum atomic E-state index is 0.719. The van der Waals surface area contributed by atoms with E-state index in [1.165, 1.54) is 31.4 Å². The standard InChI is InChI=1S/C9H9N.C5H11Cl/c1-2-4-7-6(3-1)8-5-10-9(7)8;1-2-3-4-5-6/h1-4,8-10H,5H2;2-5H2,1H3. The van der Waals surface area contributed by atoms with Gasteiger partial charge in [0, 0.05) is 24.4 Å². The van der Waals surface area contributed by atoms with E-state index in [-0.39, 0.29) is 0 Å². The number of hydrogen-bond acceptors (Lipinski definition) is 1. The van der Waals surface area contributed by atoms with Crippen LogP contribution >= 0.6 is 11.6 Å². The Bertz CT molecular complexity index is 304. The Morgan fingerprint density at radius 1 is 1.25 bits per heavy atom. The molecule has 2 atom stereocenters. The molecular formula is C14H20ClN. The summed E-state index contributed by atoms with van der Waals surface area (Å²) in [5.41, 5.74) is 3.10.